The maximum absolute atomic E-state index is 12.3. The summed E-state index contributed by atoms with van der Waals surface area (Å²) < 4.78 is 6.14. The second-order valence-corrected chi connectivity index (χ2v) is 9.13. The number of Topliss-reactive ketones (excluding diaryl/α,β-unsaturated/α-hetero) is 1. The molecule has 0 atom stereocenters. The average Bonchev–Trinajstić information content (AvgIpc) is 3.26. The van der Waals surface area contributed by atoms with E-state index in [1.165, 1.54) is 11.1 Å². The number of hydrogen-bond acceptors (Lipinski definition) is 5. The SMILES string of the molecule is CCCC(=O)c1cnc2nc(-c3cc(CC(C)C)cc(OCCCc4cccnc4)c3)[nH]c2c1. The molecule has 0 radical (unpaired) electrons. The second kappa shape index (κ2) is 11.1. The molecule has 6 nitrogen and oxygen atoms in total. The van der Waals surface area contributed by atoms with Crippen LogP contribution in [0.25, 0.3) is 22.6 Å². The fourth-order valence-corrected chi connectivity index (χ4v) is 4.04. The summed E-state index contributed by atoms with van der Waals surface area (Å²) >= 11 is 0. The van der Waals surface area contributed by atoms with Crippen LogP contribution >= 0.6 is 0 Å². The fourth-order valence-electron chi connectivity index (χ4n) is 4.04. The van der Waals surface area contributed by atoms with Gasteiger partial charge >= 0.3 is 0 Å². The molecule has 0 bridgehead atoms. The third kappa shape index (κ3) is 6.07. The number of rotatable bonds is 11. The highest BCUT2D eigenvalue weighted by Gasteiger charge is 2.13. The zero-order valence-corrected chi connectivity index (χ0v) is 20.2. The van der Waals surface area contributed by atoms with Crippen molar-refractivity contribution in [1.29, 1.82) is 0 Å². The van der Waals surface area contributed by atoms with E-state index in [0.29, 0.717) is 30.2 Å². The van der Waals surface area contributed by atoms with Crippen molar-refractivity contribution in [2.24, 2.45) is 5.92 Å². The number of H-pyrrole nitrogens is 1. The number of imidazole rings is 1. The highest BCUT2D eigenvalue weighted by atomic mass is 16.5. The molecule has 0 unspecified atom stereocenters. The lowest BCUT2D eigenvalue weighted by atomic mass is 10.0. The first-order valence-electron chi connectivity index (χ1n) is 12.1. The number of pyridine rings is 2. The molecular formula is C28H32N4O2. The van der Waals surface area contributed by atoms with Gasteiger partial charge < -0.3 is 9.72 Å². The van der Waals surface area contributed by atoms with Gasteiger partial charge in [0.25, 0.3) is 0 Å². The summed E-state index contributed by atoms with van der Waals surface area (Å²) in [5.41, 5.74) is 5.38. The lowest BCUT2D eigenvalue weighted by Crippen LogP contribution is -2.02. The van der Waals surface area contributed by atoms with Crippen LogP contribution in [-0.2, 0) is 12.8 Å². The minimum Gasteiger partial charge on any atom is -0.494 e. The number of carbonyl (C=O) groups excluding carboxylic acids is 1. The van der Waals surface area contributed by atoms with Gasteiger partial charge in [-0.2, -0.15) is 0 Å². The van der Waals surface area contributed by atoms with Crippen molar-refractivity contribution >= 4 is 16.9 Å². The van der Waals surface area contributed by atoms with Gasteiger partial charge in [-0.25, -0.2) is 9.97 Å². The fraction of sp³-hybridized carbons (Fsp3) is 0.357. The van der Waals surface area contributed by atoms with Crippen molar-refractivity contribution in [3.8, 4) is 17.1 Å². The summed E-state index contributed by atoms with van der Waals surface area (Å²) in [5.74, 6) is 2.20. The minimum atomic E-state index is 0.106. The molecule has 4 rings (SSSR count). The Bertz CT molecular complexity index is 1250. The smallest absolute Gasteiger partial charge is 0.178 e. The number of aryl methyl sites for hydroxylation is 1. The maximum atomic E-state index is 12.3. The molecule has 176 valence electrons. The Hall–Kier alpha value is -3.54. The lowest BCUT2D eigenvalue weighted by Gasteiger charge is -2.12. The Balaban J connectivity index is 1.55. The Morgan fingerprint density at radius 2 is 2.00 bits per heavy atom. The van der Waals surface area contributed by atoms with Gasteiger partial charge in [0.15, 0.2) is 11.4 Å². The maximum Gasteiger partial charge on any atom is 0.178 e. The van der Waals surface area contributed by atoms with Crippen molar-refractivity contribution in [3.05, 3.63) is 71.7 Å². The average molecular weight is 457 g/mol. The van der Waals surface area contributed by atoms with Gasteiger partial charge in [-0.1, -0.05) is 26.8 Å². The molecule has 0 spiro atoms. The molecule has 6 heteroatoms. The van der Waals surface area contributed by atoms with Gasteiger partial charge in [-0.05, 0) is 73.1 Å². The predicted molar refractivity (Wildman–Crippen MR) is 135 cm³/mol. The molecule has 4 aromatic rings. The first-order valence-corrected chi connectivity index (χ1v) is 12.1. The molecular weight excluding hydrogens is 424 g/mol. The van der Waals surface area contributed by atoms with Gasteiger partial charge in [-0.15, -0.1) is 0 Å². The van der Waals surface area contributed by atoms with E-state index in [1.54, 1.807) is 12.4 Å². The Kier molecular flexibility index (Phi) is 7.68. The van der Waals surface area contributed by atoms with E-state index >= 15 is 0 Å². The van der Waals surface area contributed by atoms with Crippen LogP contribution in [0.5, 0.6) is 5.75 Å². The standard InChI is InChI=1S/C28H32N4O2/c1-4-7-26(33)23-16-25-28(30-18-23)32-27(31-25)22-13-21(12-19(2)3)14-24(15-22)34-11-6-9-20-8-5-10-29-17-20/h5,8,10,13-19H,4,6-7,9,11-12H2,1-3H3,(H,30,31,32). The molecule has 3 aromatic heterocycles. The van der Waals surface area contributed by atoms with Crippen molar-refractivity contribution in [2.75, 3.05) is 6.61 Å². The number of carbonyl (C=O) groups is 1. The van der Waals surface area contributed by atoms with Gasteiger partial charge in [0.05, 0.1) is 12.1 Å². The summed E-state index contributed by atoms with van der Waals surface area (Å²) in [7, 11) is 0. The van der Waals surface area contributed by atoms with Gasteiger partial charge in [-0.3, -0.25) is 9.78 Å². The van der Waals surface area contributed by atoms with Crippen molar-refractivity contribution in [3.63, 3.8) is 0 Å². The number of ether oxygens (including phenoxy) is 1. The van der Waals surface area contributed by atoms with E-state index in [9.17, 15) is 4.79 Å². The number of ketones is 1. The highest BCUT2D eigenvalue weighted by Crippen LogP contribution is 2.28. The first-order chi connectivity index (χ1) is 16.5. The topological polar surface area (TPSA) is 80.8 Å². The first kappa shape index (κ1) is 23.6. The third-order valence-electron chi connectivity index (χ3n) is 5.62. The van der Waals surface area contributed by atoms with Crippen molar-refractivity contribution in [1.82, 2.24) is 19.9 Å². The van der Waals surface area contributed by atoms with E-state index in [-0.39, 0.29) is 5.78 Å². The molecule has 0 amide bonds. The third-order valence-corrected chi connectivity index (χ3v) is 5.62. The summed E-state index contributed by atoms with van der Waals surface area (Å²) in [4.78, 5) is 28.9. The monoisotopic (exact) mass is 456 g/mol. The van der Waals surface area contributed by atoms with E-state index in [4.69, 9.17) is 4.74 Å². The van der Waals surface area contributed by atoms with Crippen LogP contribution < -0.4 is 4.74 Å². The molecule has 0 saturated heterocycles. The van der Waals surface area contributed by atoms with Gasteiger partial charge in [0.1, 0.15) is 11.6 Å². The summed E-state index contributed by atoms with van der Waals surface area (Å²) in [6.45, 7) is 7.05. The van der Waals surface area contributed by atoms with E-state index in [0.717, 1.165) is 48.3 Å². The number of nitrogens with zero attached hydrogens (tertiary/aromatic N) is 3. The number of fused-ring (bicyclic) bond motifs is 1. The highest BCUT2D eigenvalue weighted by molar-refractivity contribution is 5.98. The van der Waals surface area contributed by atoms with E-state index < -0.39 is 0 Å². The predicted octanol–water partition coefficient (Wildman–Crippen LogP) is 6.21. The van der Waals surface area contributed by atoms with Gasteiger partial charge in [0, 0.05) is 36.1 Å². The van der Waals surface area contributed by atoms with Crippen LogP contribution in [0, 0.1) is 5.92 Å². The molecule has 0 aliphatic carbocycles. The molecule has 0 fully saturated rings. The molecule has 0 saturated carbocycles. The number of hydrogen-bond donors (Lipinski definition) is 1. The van der Waals surface area contributed by atoms with E-state index in [2.05, 4.69) is 52.0 Å². The Labute approximate surface area is 200 Å². The van der Waals surface area contributed by atoms with Gasteiger partial charge in [0.2, 0.25) is 0 Å². The second-order valence-electron chi connectivity index (χ2n) is 9.13. The number of aromatic amines is 1. The Morgan fingerprint density at radius 1 is 1.12 bits per heavy atom. The summed E-state index contributed by atoms with van der Waals surface area (Å²) in [6.07, 6.45) is 9.45. The van der Waals surface area contributed by atoms with Crippen molar-refractivity contribution < 1.29 is 9.53 Å². The Morgan fingerprint density at radius 3 is 2.76 bits per heavy atom. The molecule has 1 aromatic carbocycles. The molecule has 3 heterocycles. The van der Waals surface area contributed by atoms with E-state index in [1.807, 2.05) is 31.3 Å². The quantitative estimate of drug-likeness (QED) is 0.214. The summed E-state index contributed by atoms with van der Waals surface area (Å²) in [6, 6.07) is 12.2. The zero-order chi connectivity index (χ0) is 23.9. The summed E-state index contributed by atoms with van der Waals surface area (Å²) in [5, 5.41) is 0. The zero-order valence-electron chi connectivity index (χ0n) is 20.2. The van der Waals surface area contributed by atoms with Crippen LogP contribution in [0.1, 0.15) is 61.5 Å². The van der Waals surface area contributed by atoms with Crippen LogP contribution in [0.15, 0.2) is 55.0 Å². The molecule has 34 heavy (non-hydrogen) atoms. The molecule has 0 aliphatic heterocycles. The largest absolute Gasteiger partial charge is 0.494 e. The lowest BCUT2D eigenvalue weighted by molar-refractivity contribution is 0.0981. The van der Waals surface area contributed by atoms with Crippen LogP contribution in [0.2, 0.25) is 0 Å². The number of benzene rings is 1. The number of aromatic nitrogens is 4. The van der Waals surface area contributed by atoms with Crippen molar-refractivity contribution in [2.45, 2.75) is 52.9 Å². The molecule has 0 aliphatic rings. The normalized spacial score (nSPS) is 11.3. The van der Waals surface area contributed by atoms with Crippen LogP contribution in [-0.4, -0.2) is 32.3 Å². The molecule has 1 N–H and O–H groups in total. The van der Waals surface area contributed by atoms with Crippen LogP contribution in [0.3, 0.4) is 0 Å². The number of nitrogens with one attached hydrogen (secondary N) is 1. The van der Waals surface area contributed by atoms with Crippen LogP contribution in [0.4, 0.5) is 0 Å². The minimum absolute atomic E-state index is 0.106.